The molecule has 0 N–H and O–H groups in total. The molecule has 2 rings (SSSR count). The van der Waals surface area contributed by atoms with Crippen molar-refractivity contribution in [3.05, 3.63) is 34.8 Å². The van der Waals surface area contributed by atoms with E-state index in [0.29, 0.717) is 0 Å². The van der Waals surface area contributed by atoms with Crippen LogP contribution in [0.2, 0.25) is 0 Å². The topological polar surface area (TPSA) is 12.9 Å². The Morgan fingerprint density at radius 1 is 1.36 bits per heavy atom. The third-order valence-corrected chi connectivity index (χ3v) is 3.25. The zero-order chi connectivity index (χ0) is 7.52. The van der Waals surface area contributed by atoms with E-state index in [1.54, 1.807) is 23.5 Å². The Balaban J connectivity index is 2.40. The highest BCUT2D eigenvalue weighted by Crippen LogP contribution is 2.29. The average Bonchev–Trinajstić information content (AvgIpc) is 2.28. The van der Waals surface area contributed by atoms with Crippen LogP contribution in [0.5, 0.6) is 0 Å². The number of pyridine rings is 1. The normalized spacial score (nSPS) is 15.6. The molecule has 0 aliphatic carbocycles. The summed E-state index contributed by atoms with van der Waals surface area (Å²) >= 11 is 3.54. The van der Waals surface area contributed by atoms with Gasteiger partial charge in [0.25, 0.3) is 0 Å². The summed E-state index contributed by atoms with van der Waals surface area (Å²) in [4.78, 5) is 5.58. The zero-order valence-corrected chi connectivity index (χ0v) is 7.49. The quantitative estimate of drug-likeness (QED) is 0.611. The van der Waals surface area contributed by atoms with Crippen molar-refractivity contribution in [3.63, 3.8) is 0 Å². The van der Waals surface area contributed by atoms with Crippen LogP contribution in [0.25, 0.3) is 0 Å². The molecule has 1 nitrogen and oxygen atoms in total. The van der Waals surface area contributed by atoms with Crippen molar-refractivity contribution >= 4 is 23.5 Å². The van der Waals surface area contributed by atoms with Crippen LogP contribution < -0.4 is 0 Å². The Morgan fingerprint density at radius 2 is 2.36 bits per heavy atom. The zero-order valence-electron chi connectivity index (χ0n) is 5.86. The summed E-state index contributed by atoms with van der Waals surface area (Å²) in [6.07, 6.45) is 1.85. The molecule has 0 amide bonds. The van der Waals surface area contributed by atoms with Gasteiger partial charge < -0.3 is 0 Å². The predicted molar refractivity (Wildman–Crippen MR) is 50.5 cm³/mol. The van der Waals surface area contributed by atoms with Crippen molar-refractivity contribution in [1.82, 2.24) is 4.98 Å². The van der Waals surface area contributed by atoms with Crippen molar-refractivity contribution < 1.29 is 0 Å². The van der Waals surface area contributed by atoms with Gasteiger partial charge in [-0.1, -0.05) is 11.8 Å². The largest absolute Gasteiger partial charge is 0.259 e. The van der Waals surface area contributed by atoms with Crippen LogP contribution >= 0.6 is 23.5 Å². The maximum absolute atomic E-state index is 4.30. The molecule has 1 aliphatic rings. The van der Waals surface area contributed by atoms with Gasteiger partial charge in [-0.05, 0) is 22.9 Å². The minimum absolute atomic E-state index is 1.000. The number of hydrogen-bond acceptors (Lipinski definition) is 3. The molecule has 3 heteroatoms. The van der Waals surface area contributed by atoms with E-state index in [2.05, 4.69) is 21.9 Å². The van der Waals surface area contributed by atoms with Crippen molar-refractivity contribution in [2.24, 2.45) is 0 Å². The van der Waals surface area contributed by atoms with Gasteiger partial charge in [-0.3, -0.25) is 4.98 Å². The molecular weight excluding hydrogens is 174 g/mol. The van der Waals surface area contributed by atoms with E-state index in [1.165, 1.54) is 10.6 Å². The second-order valence-electron chi connectivity index (χ2n) is 2.15. The van der Waals surface area contributed by atoms with Crippen LogP contribution in [0.1, 0.15) is 5.69 Å². The number of aromatic nitrogens is 1. The van der Waals surface area contributed by atoms with E-state index in [0.717, 1.165) is 5.75 Å². The summed E-state index contributed by atoms with van der Waals surface area (Å²) < 4.78 is 0. The third-order valence-electron chi connectivity index (χ3n) is 1.42. The lowest BCUT2D eigenvalue weighted by molar-refractivity contribution is 1.10. The van der Waals surface area contributed by atoms with Crippen molar-refractivity contribution in [3.8, 4) is 0 Å². The number of fused-ring (bicyclic) bond motifs is 1. The van der Waals surface area contributed by atoms with Gasteiger partial charge in [0, 0.05) is 16.8 Å². The Hall–Kier alpha value is -0.410. The molecule has 0 unspecified atom stereocenters. The van der Waals surface area contributed by atoms with Gasteiger partial charge in [0.1, 0.15) is 0 Å². The van der Waals surface area contributed by atoms with Crippen LogP contribution in [0.3, 0.4) is 0 Å². The number of thioether (sulfide) groups is 2. The molecule has 2 heterocycles. The Labute approximate surface area is 74.3 Å². The van der Waals surface area contributed by atoms with Gasteiger partial charge in [-0.2, -0.15) is 0 Å². The first-order valence-corrected chi connectivity index (χ1v) is 5.27. The molecule has 0 bridgehead atoms. The minimum atomic E-state index is 1.000. The molecule has 0 aromatic carbocycles. The molecule has 1 aliphatic heterocycles. The predicted octanol–water partition coefficient (Wildman–Crippen LogP) is 2.89. The van der Waals surface area contributed by atoms with Crippen LogP contribution in [-0.4, -0.2) is 4.98 Å². The molecule has 0 saturated carbocycles. The van der Waals surface area contributed by atoms with E-state index < -0.39 is 0 Å². The third kappa shape index (κ3) is 1.60. The van der Waals surface area contributed by atoms with Gasteiger partial charge in [0.05, 0.1) is 5.69 Å². The van der Waals surface area contributed by atoms with Crippen molar-refractivity contribution in [2.45, 2.75) is 10.6 Å². The standard InChI is InChI=1S/C8H7NS2/c1-2-8-7(9-3-1)6-10-4-5-11-8/h1-5H,6H2. The molecule has 0 atom stereocenters. The van der Waals surface area contributed by atoms with E-state index in [-0.39, 0.29) is 0 Å². The van der Waals surface area contributed by atoms with E-state index in [1.807, 2.05) is 12.3 Å². The molecule has 0 spiro atoms. The Kier molecular flexibility index (Phi) is 2.19. The summed E-state index contributed by atoms with van der Waals surface area (Å²) in [5, 5.41) is 4.23. The van der Waals surface area contributed by atoms with Gasteiger partial charge in [-0.15, -0.1) is 11.8 Å². The molecule has 0 radical (unpaired) electrons. The first kappa shape index (κ1) is 7.25. The monoisotopic (exact) mass is 181 g/mol. The highest BCUT2D eigenvalue weighted by Gasteiger charge is 2.03. The minimum Gasteiger partial charge on any atom is -0.259 e. The fourth-order valence-electron chi connectivity index (χ4n) is 0.906. The SMILES string of the molecule is C1=CSc2cccnc2CS1. The second kappa shape index (κ2) is 3.32. The molecule has 56 valence electrons. The maximum atomic E-state index is 4.30. The molecule has 11 heavy (non-hydrogen) atoms. The highest BCUT2D eigenvalue weighted by atomic mass is 32.2. The first-order valence-electron chi connectivity index (χ1n) is 3.34. The average molecular weight is 181 g/mol. The maximum Gasteiger partial charge on any atom is 0.0644 e. The summed E-state index contributed by atoms with van der Waals surface area (Å²) in [6, 6.07) is 4.10. The van der Waals surface area contributed by atoms with Gasteiger partial charge in [0.15, 0.2) is 0 Å². The van der Waals surface area contributed by atoms with E-state index in [4.69, 9.17) is 0 Å². The summed E-state index contributed by atoms with van der Waals surface area (Å²) in [5.74, 6) is 1.000. The smallest absolute Gasteiger partial charge is 0.0644 e. The van der Waals surface area contributed by atoms with E-state index in [9.17, 15) is 0 Å². The lowest BCUT2D eigenvalue weighted by Gasteiger charge is -1.99. The van der Waals surface area contributed by atoms with Crippen molar-refractivity contribution in [1.29, 1.82) is 0 Å². The number of hydrogen-bond donors (Lipinski definition) is 0. The molecule has 1 aromatic heterocycles. The van der Waals surface area contributed by atoms with Crippen molar-refractivity contribution in [2.75, 3.05) is 0 Å². The Bertz CT molecular complexity index is 283. The molecule has 0 fully saturated rings. The second-order valence-corrected chi connectivity index (χ2v) is 3.99. The van der Waals surface area contributed by atoms with Crippen LogP contribution in [0.4, 0.5) is 0 Å². The number of nitrogens with zero attached hydrogens (tertiary/aromatic N) is 1. The molecular formula is C8H7NS2. The molecule has 1 aromatic rings. The lowest BCUT2D eigenvalue weighted by Crippen LogP contribution is -1.86. The van der Waals surface area contributed by atoms with Gasteiger partial charge in [-0.25, -0.2) is 0 Å². The summed E-state index contributed by atoms with van der Waals surface area (Å²) in [7, 11) is 0. The fourth-order valence-corrected chi connectivity index (χ4v) is 2.58. The fraction of sp³-hybridized carbons (Fsp3) is 0.125. The first-order chi connectivity index (χ1) is 5.47. The summed E-state index contributed by atoms with van der Waals surface area (Å²) in [5.41, 5.74) is 1.20. The highest BCUT2D eigenvalue weighted by molar-refractivity contribution is 8.05. The van der Waals surface area contributed by atoms with Crippen LogP contribution in [0.15, 0.2) is 34.0 Å². The molecule has 0 saturated heterocycles. The summed E-state index contributed by atoms with van der Waals surface area (Å²) in [6.45, 7) is 0. The van der Waals surface area contributed by atoms with Gasteiger partial charge in [0.2, 0.25) is 0 Å². The number of rotatable bonds is 0. The van der Waals surface area contributed by atoms with Gasteiger partial charge >= 0.3 is 0 Å². The lowest BCUT2D eigenvalue weighted by atomic mass is 10.4. The van der Waals surface area contributed by atoms with Crippen LogP contribution in [0, 0.1) is 0 Å². The van der Waals surface area contributed by atoms with E-state index >= 15 is 0 Å². The van der Waals surface area contributed by atoms with Crippen LogP contribution in [-0.2, 0) is 5.75 Å². The Morgan fingerprint density at radius 3 is 3.36 bits per heavy atom.